The molecule has 2 saturated heterocycles. The summed E-state index contributed by atoms with van der Waals surface area (Å²) in [6.45, 7) is 3.71. The minimum Gasteiger partial charge on any atom is -0.406 e. The first-order chi connectivity index (χ1) is 20.7. The maximum Gasteiger partial charge on any atom is 0.573 e. The van der Waals surface area contributed by atoms with E-state index in [1.165, 1.54) is 16.8 Å². The predicted molar refractivity (Wildman–Crippen MR) is 156 cm³/mol. The van der Waals surface area contributed by atoms with Crippen LogP contribution in [-0.2, 0) is 14.2 Å². The summed E-state index contributed by atoms with van der Waals surface area (Å²) in [6, 6.07) is 5.82. The highest BCUT2D eigenvalue weighted by Gasteiger charge is 2.33. The van der Waals surface area contributed by atoms with Crippen LogP contribution in [-0.4, -0.2) is 74.4 Å². The average molecular weight is 625 g/mol. The molecule has 9 nitrogen and oxygen atoms in total. The van der Waals surface area contributed by atoms with E-state index < -0.39 is 6.36 Å². The molecule has 43 heavy (non-hydrogen) atoms. The van der Waals surface area contributed by atoms with Gasteiger partial charge in [0.15, 0.2) is 0 Å². The first kappa shape index (κ1) is 31.4. The quantitative estimate of drug-likeness (QED) is 0.395. The van der Waals surface area contributed by atoms with E-state index in [9.17, 15) is 18.0 Å². The fraction of sp³-hybridized carbons (Fsp3) is 0.600. The minimum absolute atomic E-state index is 0.0742. The van der Waals surface area contributed by atoms with E-state index in [1.807, 2.05) is 0 Å². The summed E-state index contributed by atoms with van der Waals surface area (Å²) in [6.07, 6.45) is 5.96. The number of nitrogens with zero attached hydrogens (tertiary/aromatic N) is 3. The molecule has 3 atom stereocenters. The number of nitrogens with one attached hydrogen (secondary N) is 1. The first-order valence-corrected chi connectivity index (χ1v) is 15.0. The highest BCUT2D eigenvalue weighted by molar-refractivity contribution is 6.32. The number of ether oxygens (including phenoxy) is 4. The number of rotatable bonds is 9. The van der Waals surface area contributed by atoms with Gasteiger partial charge >= 0.3 is 6.36 Å². The van der Waals surface area contributed by atoms with Gasteiger partial charge in [-0.15, -0.1) is 25.5 Å². The van der Waals surface area contributed by atoms with Crippen molar-refractivity contribution < 1.29 is 32.1 Å². The second-order valence-corrected chi connectivity index (χ2v) is 11.5. The molecule has 1 aliphatic carbocycles. The van der Waals surface area contributed by atoms with Crippen molar-refractivity contribution in [3.63, 3.8) is 0 Å². The number of hydrogen-bond donors (Lipinski definition) is 1. The van der Waals surface area contributed by atoms with E-state index >= 15 is 0 Å². The van der Waals surface area contributed by atoms with E-state index in [2.05, 4.69) is 26.0 Å². The van der Waals surface area contributed by atoms with Gasteiger partial charge in [0, 0.05) is 43.3 Å². The Morgan fingerprint density at radius 3 is 2.51 bits per heavy atom. The van der Waals surface area contributed by atoms with E-state index in [-0.39, 0.29) is 46.4 Å². The summed E-state index contributed by atoms with van der Waals surface area (Å²) in [5.41, 5.74) is 0.876. The van der Waals surface area contributed by atoms with Crippen molar-refractivity contribution in [3.05, 3.63) is 45.8 Å². The molecule has 1 aromatic carbocycles. The van der Waals surface area contributed by atoms with Crippen LogP contribution >= 0.6 is 11.6 Å². The Morgan fingerprint density at radius 1 is 1.09 bits per heavy atom. The molecule has 1 saturated carbocycles. The smallest absolute Gasteiger partial charge is 0.406 e. The van der Waals surface area contributed by atoms with Crippen LogP contribution < -0.4 is 20.5 Å². The van der Waals surface area contributed by atoms with Gasteiger partial charge in [0.05, 0.1) is 50.5 Å². The summed E-state index contributed by atoms with van der Waals surface area (Å²) in [7, 11) is 0. The van der Waals surface area contributed by atoms with Crippen LogP contribution in [0, 0.1) is 24.2 Å². The molecule has 0 amide bonds. The Balaban J connectivity index is 1.24. The highest BCUT2D eigenvalue weighted by atomic mass is 35.5. The third-order valence-electron chi connectivity index (χ3n) is 8.33. The Bertz CT molecular complexity index is 1300. The number of anilines is 2. The topological polar surface area (TPSA) is 87.1 Å². The van der Waals surface area contributed by atoms with Gasteiger partial charge in [0.25, 0.3) is 5.56 Å². The first-order valence-electron chi connectivity index (χ1n) is 14.6. The van der Waals surface area contributed by atoms with Crippen molar-refractivity contribution in [1.82, 2.24) is 9.78 Å². The lowest BCUT2D eigenvalue weighted by molar-refractivity contribution is -0.274. The maximum atomic E-state index is 13.2. The number of benzene rings is 1. The zero-order valence-corrected chi connectivity index (χ0v) is 24.5. The number of terminal acetylenes is 1. The van der Waals surface area contributed by atoms with Crippen molar-refractivity contribution in [1.29, 1.82) is 0 Å². The van der Waals surface area contributed by atoms with Crippen molar-refractivity contribution in [2.45, 2.75) is 56.7 Å². The summed E-state index contributed by atoms with van der Waals surface area (Å²) < 4.78 is 60.6. The maximum absolute atomic E-state index is 13.2. The predicted octanol–water partition coefficient (Wildman–Crippen LogP) is 4.90. The van der Waals surface area contributed by atoms with E-state index in [0.717, 1.165) is 24.9 Å². The molecule has 2 aromatic rings. The molecular weight excluding hydrogens is 589 g/mol. The number of aromatic nitrogens is 2. The third-order valence-corrected chi connectivity index (χ3v) is 8.69. The standard InChI is InChI=1S/C30H36ClF3N4O5/c1-2-20-11-12-40-18-21(20)15-35-27-16-36-38(29(39)28(27)31)24-5-3-22(4-6-24)37(17-26-19-41-13-14-42-26)23-7-9-25(10-8-23)43-30(32,33)34/h1,7-10,16,20-22,24,26,35H,3-6,11-15,17-19H2/t20-,21-,22-,24-,26+/m1/s1. The second kappa shape index (κ2) is 14.2. The normalized spacial score (nSPS) is 26.3. The van der Waals surface area contributed by atoms with Gasteiger partial charge in [-0.2, -0.15) is 5.10 Å². The molecule has 3 heterocycles. The Kier molecular flexibility index (Phi) is 10.4. The molecule has 2 aliphatic heterocycles. The monoisotopic (exact) mass is 624 g/mol. The highest BCUT2D eigenvalue weighted by Crippen LogP contribution is 2.35. The second-order valence-electron chi connectivity index (χ2n) is 11.1. The lowest BCUT2D eigenvalue weighted by atomic mass is 9.89. The SMILES string of the molecule is C#C[C@@H]1CCOC[C@H]1CNc1cnn([C@H]2CC[C@H](N(C[C@H]3COCCO3)c3ccc(OC(F)(F)F)cc3)CC2)c(=O)c1Cl. The summed E-state index contributed by atoms with van der Waals surface area (Å²) in [5, 5.41) is 7.77. The number of alkyl halides is 3. The Labute approximate surface area is 253 Å². The molecule has 3 fully saturated rings. The molecule has 0 spiro atoms. The zero-order chi connectivity index (χ0) is 30.4. The van der Waals surface area contributed by atoms with E-state index in [0.29, 0.717) is 64.7 Å². The van der Waals surface area contributed by atoms with Gasteiger partial charge in [-0.3, -0.25) is 4.79 Å². The molecule has 234 valence electrons. The average Bonchev–Trinajstić information content (AvgIpc) is 3.01. The molecule has 1 N–H and O–H groups in total. The number of halogens is 4. The molecule has 0 radical (unpaired) electrons. The molecule has 13 heteroatoms. The minimum atomic E-state index is -4.76. The largest absolute Gasteiger partial charge is 0.573 e. The Hall–Kier alpha value is -2.98. The third kappa shape index (κ3) is 8.15. The molecule has 0 bridgehead atoms. The van der Waals surface area contributed by atoms with Crippen LogP contribution in [0.25, 0.3) is 0 Å². The zero-order valence-electron chi connectivity index (χ0n) is 23.7. The van der Waals surface area contributed by atoms with Crippen molar-refractivity contribution in [2.75, 3.05) is 56.3 Å². The van der Waals surface area contributed by atoms with Crippen LogP contribution in [0.4, 0.5) is 24.5 Å². The summed E-state index contributed by atoms with van der Waals surface area (Å²) in [5.74, 6) is 2.77. The van der Waals surface area contributed by atoms with Gasteiger partial charge in [-0.05, 0) is 56.4 Å². The van der Waals surface area contributed by atoms with Gasteiger partial charge in [-0.1, -0.05) is 11.6 Å². The lowest BCUT2D eigenvalue weighted by Crippen LogP contribution is -2.46. The Morgan fingerprint density at radius 2 is 1.84 bits per heavy atom. The van der Waals surface area contributed by atoms with Crippen molar-refractivity contribution in [3.8, 4) is 18.1 Å². The van der Waals surface area contributed by atoms with Crippen LogP contribution in [0.5, 0.6) is 5.75 Å². The molecule has 3 aliphatic rings. The fourth-order valence-electron chi connectivity index (χ4n) is 6.07. The van der Waals surface area contributed by atoms with Crippen LogP contribution in [0.15, 0.2) is 35.3 Å². The molecule has 0 unspecified atom stereocenters. The summed E-state index contributed by atoms with van der Waals surface area (Å²) in [4.78, 5) is 15.4. The number of hydrogen-bond acceptors (Lipinski definition) is 8. The van der Waals surface area contributed by atoms with Gasteiger partial charge in [-0.25, -0.2) is 4.68 Å². The van der Waals surface area contributed by atoms with E-state index in [1.54, 1.807) is 18.3 Å². The van der Waals surface area contributed by atoms with Crippen molar-refractivity contribution in [2.24, 2.45) is 11.8 Å². The van der Waals surface area contributed by atoms with Gasteiger partial charge in [0.2, 0.25) is 0 Å². The van der Waals surface area contributed by atoms with Crippen LogP contribution in [0.3, 0.4) is 0 Å². The van der Waals surface area contributed by atoms with Gasteiger partial charge < -0.3 is 29.2 Å². The molecule has 1 aromatic heterocycles. The van der Waals surface area contributed by atoms with Gasteiger partial charge in [0.1, 0.15) is 10.8 Å². The van der Waals surface area contributed by atoms with Crippen LogP contribution in [0.1, 0.15) is 38.1 Å². The summed E-state index contributed by atoms with van der Waals surface area (Å²) >= 11 is 6.50. The fourth-order valence-corrected chi connectivity index (χ4v) is 6.27. The van der Waals surface area contributed by atoms with E-state index in [4.69, 9.17) is 32.2 Å². The lowest BCUT2D eigenvalue weighted by Gasteiger charge is -2.40. The van der Waals surface area contributed by atoms with Crippen molar-refractivity contribution >= 4 is 23.0 Å². The molecule has 5 rings (SSSR count). The van der Waals surface area contributed by atoms with Crippen LogP contribution in [0.2, 0.25) is 5.02 Å². The molecular formula is C30H36ClF3N4O5.